The quantitative estimate of drug-likeness (QED) is 0.454. The first-order chi connectivity index (χ1) is 15.4. The third-order valence-corrected chi connectivity index (χ3v) is 18.8. The largest absolute Gasteiger partial charge is 0.414 e. The highest BCUT2D eigenvalue weighted by Crippen LogP contribution is 2.53. The standard InChI is InChI=1S/C22H38N2O6SSi2/c1-13(2)32(14(3)4)28-12-18-20(29-33(30-32,15(5)6)16(7)8)17(11-25)21(31-18)24-10-9-19(26)23-22(24)27/h9-11,13-18,20-21H,12H2,1-8H3,(H,23,26,27)/t17-,18-,20+,21-/m1/s1. The number of nitrogens with zero attached hydrogens (tertiary/aromatic N) is 1. The van der Waals surface area contributed by atoms with Gasteiger partial charge in [0.05, 0.1) is 29.3 Å². The number of nitrogens with one attached hydrogen (secondary N) is 1. The number of hydrogen-bond acceptors (Lipinski definition) is 7. The smallest absolute Gasteiger partial charge is 0.335 e. The Hall–Kier alpha value is -0.986. The number of aromatic amines is 1. The molecule has 2 fully saturated rings. The lowest BCUT2D eigenvalue weighted by Gasteiger charge is -2.51. The molecule has 8 nitrogen and oxygen atoms in total. The van der Waals surface area contributed by atoms with E-state index in [1.165, 1.54) is 28.6 Å². The molecule has 2 saturated heterocycles. The van der Waals surface area contributed by atoms with E-state index in [4.69, 9.17) is 13.0 Å². The van der Waals surface area contributed by atoms with Crippen LogP contribution in [0.1, 0.15) is 60.8 Å². The Bertz CT molecular complexity index is 947. The van der Waals surface area contributed by atoms with E-state index in [-0.39, 0.29) is 27.4 Å². The van der Waals surface area contributed by atoms with Crippen LogP contribution in [0, 0.1) is 5.92 Å². The molecule has 0 saturated carbocycles. The van der Waals surface area contributed by atoms with Crippen LogP contribution in [0.4, 0.5) is 0 Å². The lowest BCUT2D eigenvalue weighted by atomic mass is 10.0. The monoisotopic (exact) mass is 514 g/mol. The number of hydrogen-bond donors (Lipinski definition) is 1. The molecule has 1 aromatic rings. The molecule has 0 bridgehead atoms. The molecule has 3 rings (SSSR count). The van der Waals surface area contributed by atoms with Crippen molar-refractivity contribution < 1.29 is 17.8 Å². The van der Waals surface area contributed by atoms with Crippen LogP contribution in [-0.4, -0.2) is 50.9 Å². The number of carbonyl (C=O) groups is 1. The normalized spacial score (nSPS) is 29.3. The minimum absolute atomic E-state index is 0.123. The van der Waals surface area contributed by atoms with Crippen molar-refractivity contribution in [2.45, 2.75) is 94.3 Å². The minimum Gasteiger partial charge on any atom is -0.414 e. The zero-order valence-corrected chi connectivity index (χ0v) is 23.7. The van der Waals surface area contributed by atoms with Crippen molar-refractivity contribution in [3.63, 3.8) is 0 Å². The summed E-state index contributed by atoms with van der Waals surface area (Å²) < 4.78 is 22.4. The molecule has 11 heteroatoms. The van der Waals surface area contributed by atoms with E-state index < -0.39 is 45.8 Å². The van der Waals surface area contributed by atoms with Gasteiger partial charge in [-0.1, -0.05) is 55.4 Å². The van der Waals surface area contributed by atoms with E-state index in [1.807, 2.05) is 0 Å². The molecule has 1 N–H and O–H groups in total. The SMILES string of the molecule is CC(C)[Si]1(C(C)C)OC[C@H]2S[C@@H](n3ccc(=O)[nH]c3=O)[C@H](C=O)[C@@H]2O[Si](C(C)C)(C(C)C)O1. The molecule has 33 heavy (non-hydrogen) atoms. The Labute approximate surface area is 202 Å². The predicted octanol–water partition coefficient (Wildman–Crippen LogP) is 3.92. The first-order valence-electron chi connectivity index (χ1n) is 11.8. The van der Waals surface area contributed by atoms with Gasteiger partial charge in [0.25, 0.3) is 5.56 Å². The minimum atomic E-state index is -2.86. The highest BCUT2D eigenvalue weighted by Gasteiger charge is 2.61. The van der Waals surface area contributed by atoms with Gasteiger partial charge in [-0.3, -0.25) is 14.3 Å². The highest BCUT2D eigenvalue weighted by atomic mass is 32.2. The third-order valence-electron chi connectivity index (χ3n) is 7.00. The van der Waals surface area contributed by atoms with Gasteiger partial charge in [0, 0.05) is 12.3 Å². The molecule has 1 aromatic heterocycles. The maximum absolute atomic E-state index is 12.6. The maximum Gasteiger partial charge on any atom is 0.335 e. The molecule has 0 radical (unpaired) electrons. The number of rotatable bonds is 6. The molecular formula is C22H38N2O6SSi2. The molecule has 0 aromatic carbocycles. The van der Waals surface area contributed by atoms with Gasteiger partial charge in [0.15, 0.2) is 0 Å². The number of aromatic nitrogens is 2. The molecule has 4 atom stereocenters. The highest BCUT2D eigenvalue weighted by molar-refractivity contribution is 8.00. The van der Waals surface area contributed by atoms with Crippen LogP contribution in [0.15, 0.2) is 21.9 Å². The first kappa shape index (κ1) is 26.6. The summed E-state index contributed by atoms with van der Waals surface area (Å²) >= 11 is 1.52. The summed E-state index contributed by atoms with van der Waals surface area (Å²) in [6.45, 7) is 17.7. The van der Waals surface area contributed by atoms with Crippen molar-refractivity contribution in [2.24, 2.45) is 5.92 Å². The number of H-pyrrole nitrogens is 1. The maximum atomic E-state index is 12.6. The number of carbonyl (C=O) groups excluding carboxylic acids is 1. The zero-order chi connectivity index (χ0) is 24.7. The second-order valence-corrected chi connectivity index (χ2v) is 20.6. The van der Waals surface area contributed by atoms with E-state index in [0.717, 1.165) is 6.29 Å². The summed E-state index contributed by atoms with van der Waals surface area (Å²) in [5.41, 5.74) is -0.229. The average Bonchev–Trinajstić information content (AvgIpc) is 3.03. The van der Waals surface area contributed by atoms with E-state index in [2.05, 4.69) is 60.4 Å². The van der Waals surface area contributed by atoms with Crippen LogP contribution in [-0.2, 0) is 17.8 Å². The fourth-order valence-corrected chi connectivity index (χ4v) is 18.3. The van der Waals surface area contributed by atoms with Gasteiger partial charge < -0.3 is 17.8 Å². The van der Waals surface area contributed by atoms with Gasteiger partial charge >= 0.3 is 22.8 Å². The van der Waals surface area contributed by atoms with Crippen LogP contribution in [0.5, 0.6) is 0 Å². The molecule has 2 aliphatic heterocycles. The second-order valence-electron chi connectivity index (χ2n) is 10.4. The fourth-order valence-electron chi connectivity index (χ4n) is 5.21. The lowest BCUT2D eigenvalue weighted by Crippen LogP contribution is -2.65. The molecule has 0 aliphatic carbocycles. The van der Waals surface area contributed by atoms with E-state index >= 15 is 0 Å². The van der Waals surface area contributed by atoms with Crippen molar-refractivity contribution in [3.05, 3.63) is 33.1 Å². The third kappa shape index (κ3) is 4.64. The summed E-state index contributed by atoms with van der Waals surface area (Å²) in [5.74, 6) is -0.563. The summed E-state index contributed by atoms with van der Waals surface area (Å²) in [4.78, 5) is 38.8. The van der Waals surface area contributed by atoms with Crippen molar-refractivity contribution in [1.29, 1.82) is 0 Å². The van der Waals surface area contributed by atoms with Crippen LogP contribution < -0.4 is 11.2 Å². The Morgan fingerprint density at radius 1 is 1.03 bits per heavy atom. The molecule has 3 heterocycles. The van der Waals surface area contributed by atoms with Gasteiger partial charge in [-0.25, -0.2) is 4.79 Å². The van der Waals surface area contributed by atoms with Gasteiger partial charge in [-0.05, 0) is 22.2 Å². The zero-order valence-electron chi connectivity index (χ0n) is 20.9. The summed E-state index contributed by atoms with van der Waals surface area (Å²) in [5, 5.41) is -0.606. The van der Waals surface area contributed by atoms with Crippen LogP contribution in [0.3, 0.4) is 0 Å². The molecule has 0 spiro atoms. The first-order valence-corrected chi connectivity index (χ1v) is 16.7. The summed E-state index contributed by atoms with van der Waals surface area (Å²) in [6.07, 6.45) is 1.92. The summed E-state index contributed by atoms with van der Waals surface area (Å²) in [7, 11) is -5.53. The lowest BCUT2D eigenvalue weighted by molar-refractivity contribution is -0.114. The Kier molecular flexibility index (Phi) is 8.02. The topological polar surface area (TPSA) is 99.6 Å². The Balaban J connectivity index is 2.13. The van der Waals surface area contributed by atoms with E-state index in [9.17, 15) is 14.4 Å². The second kappa shape index (κ2) is 9.94. The van der Waals surface area contributed by atoms with E-state index in [1.54, 1.807) is 0 Å². The fraction of sp³-hybridized carbons (Fsp3) is 0.773. The van der Waals surface area contributed by atoms with Crippen LogP contribution in [0.25, 0.3) is 0 Å². The molecule has 2 aliphatic rings. The average molecular weight is 515 g/mol. The van der Waals surface area contributed by atoms with Gasteiger partial charge in [0.1, 0.15) is 6.29 Å². The number of aldehydes is 1. The molecule has 0 unspecified atom stereocenters. The number of fused-ring (bicyclic) bond motifs is 1. The number of thioether (sulfide) groups is 1. The van der Waals surface area contributed by atoms with Crippen molar-refractivity contribution in [2.75, 3.05) is 6.61 Å². The Morgan fingerprint density at radius 2 is 1.61 bits per heavy atom. The van der Waals surface area contributed by atoms with Crippen LogP contribution in [0.2, 0.25) is 22.2 Å². The Morgan fingerprint density at radius 3 is 2.09 bits per heavy atom. The van der Waals surface area contributed by atoms with Crippen molar-refractivity contribution in [1.82, 2.24) is 9.55 Å². The van der Waals surface area contributed by atoms with Gasteiger partial charge in [0.2, 0.25) is 0 Å². The van der Waals surface area contributed by atoms with Crippen molar-refractivity contribution >= 4 is 35.2 Å². The van der Waals surface area contributed by atoms with Gasteiger partial charge in [-0.2, -0.15) is 0 Å². The van der Waals surface area contributed by atoms with Crippen molar-refractivity contribution in [3.8, 4) is 0 Å². The summed E-state index contributed by atoms with van der Waals surface area (Å²) in [6, 6.07) is 1.31. The molecule has 0 amide bonds. The molecule has 186 valence electrons. The van der Waals surface area contributed by atoms with Gasteiger partial charge in [-0.15, -0.1) is 11.8 Å². The molecular weight excluding hydrogens is 476 g/mol. The predicted molar refractivity (Wildman–Crippen MR) is 135 cm³/mol. The van der Waals surface area contributed by atoms with Crippen LogP contribution >= 0.6 is 11.8 Å². The van der Waals surface area contributed by atoms with E-state index in [0.29, 0.717) is 6.61 Å².